The number of nitrogens with one attached hydrogen (secondary N) is 1. The zero-order valence-electron chi connectivity index (χ0n) is 12.6. The molecule has 1 aromatic carbocycles. The minimum atomic E-state index is 0.219. The van der Waals surface area contributed by atoms with E-state index >= 15 is 0 Å². The fourth-order valence-electron chi connectivity index (χ4n) is 1.81. The summed E-state index contributed by atoms with van der Waals surface area (Å²) in [6.45, 7) is 5.98. The van der Waals surface area contributed by atoms with E-state index in [0.29, 0.717) is 5.82 Å². The molecule has 6 heteroatoms. The van der Waals surface area contributed by atoms with E-state index in [1.54, 1.807) is 7.11 Å². The van der Waals surface area contributed by atoms with E-state index in [2.05, 4.69) is 31.2 Å². The van der Waals surface area contributed by atoms with Gasteiger partial charge in [-0.05, 0) is 41.1 Å². The quantitative estimate of drug-likeness (QED) is 0.871. The first kappa shape index (κ1) is 15.6. The Morgan fingerprint density at radius 3 is 2.57 bits per heavy atom. The van der Waals surface area contributed by atoms with Gasteiger partial charge in [0, 0.05) is 17.2 Å². The number of halogens is 1. The van der Waals surface area contributed by atoms with Crippen LogP contribution in [0.3, 0.4) is 0 Å². The molecule has 0 aliphatic rings. The fourth-order valence-corrected chi connectivity index (χ4v) is 2.35. The number of rotatable bonds is 4. The Morgan fingerprint density at radius 1 is 1.29 bits per heavy atom. The molecule has 112 valence electrons. The summed E-state index contributed by atoms with van der Waals surface area (Å²) in [7, 11) is 1.64. The number of hydrogen-bond donors (Lipinski definition) is 2. The van der Waals surface area contributed by atoms with Crippen LogP contribution in [0.25, 0.3) is 0 Å². The molecule has 0 amide bonds. The van der Waals surface area contributed by atoms with Gasteiger partial charge < -0.3 is 15.8 Å². The second kappa shape index (κ2) is 6.30. The Balaban J connectivity index is 2.37. The van der Waals surface area contributed by atoms with E-state index in [1.807, 2.05) is 39.0 Å². The molecule has 21 heavy (non-hydrogen) atoms. The maximum absolute atomic E-state index is 5.97. The fraction of sp³-hybridized carbons (Fsp3) is 0.333. The molecule has 0 spiro atoms. The highest BCUT2D eigenvalue weighted by molar-refractivity contribution is 9.10. The molecule has 0 fully saturated rings. The van der Waals surface area contributed by atoms with Crippen LogP contribution in [0.2, 0.25) is 0 Å². The molecular weight excluding hydrogens is 332 g/mol. The zero-order valence-corrected chi connectivity index (χ0v) is 14.2. The van der Waals surface area contributed by atoms with Crippen LogP contribution in [-0.2, 0) is 0 Å². The lowest BCUT2D eigenvalue weighted by atomic mass is 10.2. The number of methoxy groups -OCH3 is 1. The van der Waals surface area contributed by atoms with E-state index < -0.39 is 0 Å². The minimum absolute atomic E-state index is 0.219. The number of anilines is 3. The number of nitrogen functional groups attached to an aromatic ring is 1. The van der Waals surface area contributed by atoms with Crippen LogP contribution < -0.4 is 15.8 Å². The van der Waals surface area contributed by atoms with Crippen LogP contribution in [0.1, 0.15) is 31.2 Å². The third-order valence-electron chi connectivity index (χ3n) is 3.13. The predicted octanol–water partition coefficient (Wildman–Crippen LogP) is 4.01. The van der Waals surface area contributed by atoms with Gasteiger partial charge in [0.15, 0.2) is 0 Å². The first-order valence-electron chi connectivity index (χ1n) is 6.67. The van der Waals surface area contributed by atoms with Crippen molar-refractivity contribution >= 4 is 33.3 Å². The van der Waals surface area contributed by atoms with Gasteiger partial charge in [0.2, 0.25) is 0 Å². The topological polar surface area (TPSA) is 73.1 Å². The van der Waals surface area contributed by atoms with Crippen molar-refractivity contribution in [2.45, 2.75) is 26.7 Å². The van der Waals surface area contributed by atoms with Crippen LogP contribution in [0.15, 0.2) is 22.7 Å². The standard InChI is InChI=1S/C15H19BrN4O/c1-8(2)14-19-13(17)9(3)15(20-14)18-10-5-6-12(21-4)11(16)7-10/h5-8H,1-4H3,(H3,17,18,19,20). The molecule has 0 saturated heterocycles. The van der Waals surface area contributed by atoms with Crippen molar-refractivity contribution < 1.29 is 4.74 Å². The Hall–Kier alpha value is -1.82. The summed E-state index contributed by atoms with van der Waals surface area (Å²) in [4.78, 5) is 8.87. The van der Waals surface area contributed by atoms with Gasteiger partial charge in [-0.1, -0.05) is 13.8 Å². The van der Waals surface area contributed by atoms with Crippen LogP contribution >= 0.6 is 15.9 Å². The van der Waals surface area contributed by atoms with Gasteiger partial charge in [-0.15, -0.1) is 0 Å². The monoisotopic (exact) mass is 350 g/mol. The highest BCUT2D eigenvalue weighted by atomic mass is 79.9. The molecule has 0 atom stereocenters. The van der Waals surface area contributed by atoms with E-state index in [1.165, 1.54) is 0 Å². The van der Waals surface area contributed by atoms with Crippen molar-refractivity contribution in [1.29, 1.82) is 0 Å². The lowest BCUT2D eigenvalue weighted by Crippen LogP contribution is -2.08. The number of nitrogens with two attached hydrogens (primary N) is 1. The average Bonchev–Trinajstić information content (AvgIpc) is 2.43. The smallest absolute Gasteiger partial charge is 0.139 e. The average molecular weight is 351 g/mol. The number of aromatic nitrogens is 2. The molecule has 1 aromatic heterocycles. The Bertz CT molecular complexity index is 658. The second-order valence-electron chi connectivity index (χ2n) is 5.07. The molecule has 1 heterocycles. The summed E-state index contributed by atoms with van der Waals surface area (Å²) in [6.07, 6.45) is 0. The Kier molecular flexibility index (Phi) is 4.67. The van der Waals surface area contributed by atoms with Gasteiger partial charge >= 0.3 is 0 Å². The van der Waals surface area contributed by atoms with Gasteiger partial charge in [-0.3, -0.25) is 0 Å². The lowest BCUT2D eigenvalue weighted by molar-refractivity contribution is 0.412. The van der Waals surface area contributed by atoms with Crippen molar-refractivity contribution in [3.63, 3.8) is 0 Å². The highest BCUT2D eigenvalue weighted by Crippen LogP contribution is 2.30. The summed E-state index contributed by atoms with van der Waals surface area (Å²) in [6, 6.07) is 5.75. The largest absolute Gasteiger partial charge is 0.496 e. The van der Waals surface area contributed by atoms with Crippen molar-refractivity contribution in [1.82, 2.24) is 9.97 Å². The van der Waals surface area contributed by atoms with Gasteiger partial charge in [0.05, 0.1) is 11.6 Å². The van der Waals surface area contributed by atoms with Crippen LogP contribution in [0.5, 0.6) is 5.75 Å². The third-order valence-corrected chi connectivity index (χ3v) is 3.75. The molecular formula is C15H19BrN4O. The van der Waals surface area contributed by atoms with Gasteiger partial charge in [-0.25, -0.2) is 9.97 Å². The molecule has 2 rings (SSSR count). The normalized spacial score (nSPS) is 10.8. The predicted molar refractivity (Wildman–Crippen MR) is 89.2 cm³/mol. The maximum Gasteiger partial charge on any atom is 0.139 e. The first-order chi connectivity index (χ1) is 9.92. The van der Waals surface area contributed by atoms with Gasteiger partial charge in [0.25, 0.3) is 0 Å². The van der Waals surface area contributed by atoms with E-state index in [4.69, 9.17) is 10.5 Å². The van der Waals surface area contributed by atoms with Crippen molar-refractivity contribution in [3.8, 4) is 5.75 Å². The molecule has 0 saturated carbocycles. The highest BCUT2D eigenvalue weighted by Gasteiger charge is 2.12. The molecule has 0 unspecified atom stereocenters. The summed E-state index contributed by atoms with van der Waals surface area (Å²) in [5.74, 6) is 2.96. The lowest BCUT2D eigenvalue weighted by Gasteiger charge is -2.14. The zero-order chi connectivity index (χ0) is 15.6. The van der Waals surface area contributed by atoms with Crippen LogP contribution in [-0.4, -0.2) is 17.1 Å². The van der Waals surface area contributed by atoms with Crippen LogP contribution in [0, 0.1) is 6.92 Å². The number of ether oxygens (including phenoxy) is 1. The van der Waals surface area contributed by atoms with E-state index in [-0.39, 0.29) is 5.92 Å². The summed E-state index contributed by atoms with van der Waals surface area (Å²) < 4.78 is 6.10. The maximum atomic E-state index is 5.97. The van der Waals surface area contributed by atoms with Crippen molar-refractivity contribution in [2.24, 2.45) is 0 Å². The Morgan fingerprint density at radius 2 is 2.00 bits per heavy atom. The molecule has 0 aliphatic carbocycles. The van der Waals surface area contributed by atoms with Gasteiger partial charge in [0.1, 0.15) is 23.2 Å². The van der Waals surface area contributed by atoms with E-state index in [0.717, 1.165) is 33.1 Å². The summed E-state index contributed by atoms with van der Waals surface area (Å²) in [5, 5.41) is 3.28. The van der Waals surface area contributed by atoms with Gasteiger partial charge in [-0.2, -0.15) is 0 Å². The molecule has 5 nitrogen and oxygen atoms in total. The Labute approximate surface area is 133 Å². The molecule has 0 aliphatic heterocycles. The van der Waals surface area contributed by atoms with Crippen LogP contribution in [0.4, 0.5) is 17.3 Å². The summed E-state index contributed by atoms with van der Waals surface area (Å²) in [5.41, 5.74) is 7.71. The number of benzene rings is 1. The SMILES string of the molecule is COc1ccc(Nc2nc(C(C)C)nc(N)c2C)cc1Br. The molecule has 0 radical (unpaired) electrons. The minimum Gasteiger partial charge on any atom is -0.496 e. The second-order valence-corrected chi connectivity index (χ2v) is 5.92. The molecule has 2 aromatic rings. The van der Waals surface area contributed by atoms with Crippen molar-refractivity contribution in [2.75, 3.05) is 18.2 Å². The van der Waals surface area contributed by atoms with E-state index in [9.17, 15) is 0 Å². The number of nitrogens with zero attached hydrogens (tertiary/aromatic N) is 2. The first-order valence-corrected chi connectivity index (χ1v) is 7.46. The third kappa shape index (κ3) is 3.44. The molecule has 3 N–H and O–H groups in total. The van der Waals surface area contributed by atoms with Crippen molar-refractivity contribution in [3.05, 3.63) is 34.1 Å². The molecule has 0 bridgehead atoms. The number of hydrogen-bond acceptors (Lipinski definition) is 5. The summed E-state index contributed by atoms with van der Waals surface area (Å²) >= 11 is 3.47.